The third-order valence-electron chi connectivity index (χ3n) is 6.73. The van der Waals surface area contributed by atoms with Crippen molar-refractivity contribution < 1.29 is 22.7 Å². The predicted molar refractivity (Wildman–Crippen MR) is 172 cm³/mol. The summed E-state index contributed by atoms with van der Waals surface area (Å²) in [6, 6.07) is 17.1. The van der Waals surface area contributed by atoms with E-state index in [0.29, 0.717) is 46.6 Å². The summed E-state index contributed by atoms with van der Waals surface area (Å²) in [6.07, 6.45) is 0.313. The lowest BCUT2D eigenvalue weighted by molar-refractivity contribution is -0.140. The number of anilines is 1. The highest BCUT2D eigenvalue weighted by Gasteiger charge is 2.33. The molecule has 0 fully saturated rings. The van der Waals surface area contributed by atoms with Gasteiger partial charge in [0.05, 0.1) is 27.2 Å². The molecule has 3 aromatic carbocycles. The average Bonchev–Trinajstić information content (AvgIpc) is 2.97. The maximum atomic E-state index is 14.2. The van der Waals surface area contributed by atoms with Crippen molar-refractivity contribution in [3.05, 3.63) is 87.9 Å². The van der Waals surface area contributed by atoms with E-state index in [-0.39, 0.29) is 23.3 Å². The van der Waals surface area contributed by atoms with Gasteiger partial charge in [0.25, 0.3) is 10.0 Å². The zero-order valence-electron chi connectivity index (χ0n) is 25.1. The van der Waals surface area contributed by atoms with E-state index in [9.17, 15) is 18.0 Å². The molecule has 0 aliphatic rings. The number of rotatable bonds is 14. The fraction of sp³-hybridized carbons (Fsp3) is 0.375. The molecule has 0 heterocycles. The Labute approximate surface area is 265 Å². The van der Waals surface area contributed by atoms with E-state index in [1.807, 2.05) is 34.6 Å². The quantitative estimate of drug-likeness (QED) is 0.216. The summed E-state index contributed by atoms with van der Waals surface area (Å²) < 4.78 is 34.6. The second kappa shape index (κ2) is 15.5. The summed E-state index contributed by atoms with van der Waals surface area (Å²) in [4.78, 5) is 28.9. The number of nitrogens with zero attached hydrogens (tertiary/aromatic N) is 2. The molecule has 0 bridgehead atoms. The highest BCUT2D eigenvalue weighted by atomic mass is 35.5. The maximum Gasteiger partial charge on any atom is 0.264 e. The summed E-state index contributed by atoms with van der Waals surface area (Å²) in [6.45, 7) is 9.86. The molecule has 0 aromatic heterocycles. The van der Waals surface area contributed by atoms with Gasteiger partial charge >= 0.3 is 0 Å². The highest BCUT2D eigenvalue weighted by Crippen LogP contribution is 2.28. The van der Waals surface area contributed by atoms with Crippen LogP contribution in [0, 0.1) is 12.8 Å². The van der Waals surface area contributed by atoms with Gasteiger partial charge in [-0.05, 0) is 80.3 Å². The largest absolute Gasteiger partial charge is 0.494 e. The van der Waals surface area contributed by atoms with Gasteiger partial charge in [-0.2, -0.15) is 0 Å². The minimum absolute atomic E-state index is 0.00193. The number of carbonyl (C=O) groups excluding carboxylic acids is 2. The summed E-state index contributed by atoms with van der Waals surface area (Å²) in [5, 5.41) is 3.58. The molecule has 0 saturated heterocycles. The maximum absolute atomic E-state index is 14.2. The van der Waals surface area contributed by atoms with Crippen molar-refractivity contribution in [1.82, 2.24) is 10.2 Å². The number of hydrogen-bond donors (Lipinski definition) is 1. The first-order valence-electron chi connectivity index (χ1n) is 14.2. The predicted octanol–water partition coefficient (Wildman–Crippen LogP) is 6.48. The van der Waals surface area contributed by atoms with Crippen molar-refractivity contribution in [2.45, 2.75) is 58.5 Å². The third kappa shape index (κ3) is 9.11. The van der Waals surface area contributed by atoms with Crippen molar-refractivity contribution in [1.29, 1.82) is 0 Å². The van der Waals surface area contributed by atoms with Crippen LogP contribution in [-0.2, 0) is 26.2 Å². The van der Waals surface area contributed by atoms with Crippen molar-refractivity contribution in [2.24, 2.45) is 5.92 Å². The van der Waals surface area contributed by atoms with Crippen LogP contribution in [0.25, 0.3) is 0 Å². The van der Waals surface area contributed by atoms with Gasteiger partial charge in [-0.25, -0.2) is 8.42 Å². The number of sulfonamides is 1. The molecule has 0 unspecified atom stereocenters. The Balaban J connectivity index is 2.05. The second-order valence-electron chi connectivity index (χ2n) is 10.6. The van der Waals surface area contributed by atoms with E-state index < -0.39 is 28.5 Å². The summed E-state index contributed by atoms with van der Waals surface area (Å²) in [5.74, 6) is -0.129. The van der Waals surface area contributed by atoms with Crippen LogP contribution in [0.4, 0.5) is 5.69 Å². The van der Waals surface area contributed by atoms with Crippen LogP contribution in [0.5, 0.6) is 5.75 Å². The standard InChI is InChI=1S/C32H39Cl2N3O5S/c1-6-30(32(39)35-19-22(3)4)36(20-24-10-17-28(33)29(34)18-24)31(38)21-37(25-11-8-23(5)9-12-25)43(40,41)27-15-13-26(14-16-27)42-7-2/h8-18,22,30H,6-7,19-21H2,1-5H3,(H,35,39)/t30-/m1/s1. The van der Waals surface area contributed by atoms with Gasteiger partial charge in [-0.1, -0.05) is 67.7 Å². The zero-order chi connectivity index (χ0) is 31.7. The van der Waals surface area contributed by atoms with Crippen molar-refractivity contribution in [3.63, 3.8) is 0 Å². The van der Waals surface area contributed by atoms with Gasteiger partial charge in [0.1, 0.15) is 18.3 Å². The van der Waals surface area contributed by atoms with Crippen LogP contribution in [0.15, 0.2) is 71.6 Å². The number of ether oxygens (including phenoxy) is 1. The van der Waals surface area contributed by atoms with Crippen LogP contribution in [0.3, 0.4) is 0 Å². The van der Waals surface area contributed by atoms with Crippen LogP contribution in [-0.4, -0.2) is 50.9 Å². The number of benzene rings is 3. The first-order chi connectivity index (χ1) is 20.4. The van der Waals surface area contributed by atoms with Gasteiger partial charge in [0.15, 0.2) is 0 Å². The summed E-state index contributed by atoms with van der Waals surface area (Å²) in [7, 11) is -4.20. The first kappa shape index (κ1) is 34.2. The van der Waals surface area contributed by atoms with Crippen molar-refractivity contribution in [2.75, 3.05) is 24.0 Å². The Hall–Kier alpha value is -3.27. The number of aryl methyl sites for hydroxylation is 1. The molecule has 43 heavy (non-hydrogen) atoms. The lowest BCUT2D eigenvalue weighted by Gasteiger charge is -2.33. The highest BCUT2D eigenvalue weighted by molar-refractivity contribution is 7.92. The van der Waals surface area contributed by atoms with E-state index >= 15 is 0 Å². The van der Waals surface area contributed by atoms with E-state index in [0.717, 1.165) is 9.87 Å². The average molecular weight is 649 g/mol. The number of carbonyl (C=O) groups is 2. The Kier molecular flexibility index (Phi) is 12.3. The van der Waals surface area contributed by atoms with Gasteiger partial charge in [0.2, 0.25) is 11.8 Å². The Morgan fingerprint density at radius 2 is 1.58 bits per heavy atom. The van der Waals surface area contributed by atoms with Crippen molar-refractivity contribution >= 4 is 50.7 Å². The summed E-state index contributed by atoms with van der Waals surface area (Å²) >= 11 is 12.4. The fourth-order valence-electron chi connectivity index (χ4n) is 4.42. The van der Waals surface area contributed by atoms with Gasteiger partial charge in [-0.3, -0.25) is 13.9 Å². The number of halogens is 2. The normalized spacial score (nSPS) is 12.1. The number of hydrogen-bond acceptors (Lipinski definition) is 5. The molecule has 1 N–H and O–H groups in total. The molecule has 3 aromatic rings. The molecule has 232 valence electrons. The Morgan fingerprint density at radius 3 is 2.14 bits per heavy atom. The molecular weight excluding hydrogens is 609 g/mol. The Bertz CT molecular complexity index is 1500. The molecule has 3 rings (SSSR count). The molecule has 1 atom stereocenters. The fourth-order valence-corrected chi connectivity index (χ4v) is 6.15. The SMILES string of the molecule is CCOc1ccc(S(=O)(=O)N(CC(=O)N(Cc2ccc(Cl)c(Cl)c2)[C@H](CC)C(=O)NCC(C)C)c2ccc(C)cc2)cc1. The molecule has 0 aliphatic carbocycles. The number of nitrogens with one attached hydrogen (secondary N) is 1. The van der Waals surface area contributed by atoms with E-state index in [1.54, 1.807) is 54.6 Å². The third-order valence-corrected chi connectivity index (χ3v) is 9.26. The van der Waals surface area contributed by atoms with Gasteiger partial charge in [0, 0.05) is 13.1 Å². The monoisotopic (exact) mass is 647 g/mol. The molecule has 0 spiro atoms. The van der Waals surface area contributed by atoms with Gasteiger partial charge < -0.3 is 15.0 Å². The lowest BCUT2D eigenvalue weighted by Crippen LogP contribution is -2.52. The molecule has 0 radical (unpaired) electrons. The topological polar surface area (TPSA) is 96.0 Å². The number of amides is 2. The molecule has 8 nitrogen and oxygen atoms in total. The minimum atomic E-state index is -4.20. The Morgan fingerprint density at radius 1 is 0.930 bits per heavy atom. The molecule has 0 aliphatic heterocycles. The van der Waals surface area contributed by atoms with Gasteiger partial charge in [-0.15, -0.1) is 0 Å². The molecule has 0 saturated carbocycles. The zero-order valence-corrected chi connectivity index (χ0v) is 27.5. The smallest absolute Gasteiger partial charge is 0.264 e. The van der Waals surface area contributed by atoms with Crippen LogP contribution in [0.1, 0.15) is 45.2 Å². The van der Waals surface area contributed by atoms with Crippen molar-refractivity contribution in [3.8, 4) is 5.75 Å². The van der Waals surface area contributed by atoms with E-state index in [4.69, 9.17) is 27.9 Å². The molecule has 2 amide bonds. The lowest BCUT2D eigenvalue weighted by atomic mass is 10.1. The minimum Gasteiger partial charge on any atom is -0.494 e. The van der Waals surface area contributed by atoms with Crippen LogP contribution < -0.4 is 14.4 Å². The first-order valence-corrected chi connectivity index (χ1v) is 16.4. The van der Waals surface area contributed by atoms with Crippen LogP contribution >= 0.6 is 23.2 Å². The molecular formula is C32H39Cl2N3O5S. The summed E-state index contributed by atoms with van der Waals surface area (Å²) in [5.41, 5.74) is 1.90. The molecule has 11 heteroatoms. The van der Waals surface area contributed by atoms with Crippen LogP contribution in [0.2, 0.25) is 10.0 Å². The van der Waals surface area contributed by atoms with E-state index in [2.05, 4.69) is 5.32 Å². The second-order valence-corrected chi connectivity index (χ2v) is 13.3. The van der Waals surface area contributed by atoms with E-state index in [1.165, 1.54) is 17.0 Å².